The number of nitrogens with two attached hydrogens (primary N) is 1. The summed E-state index contributed by atoms with van der Waals surface area (Å²) in [5.74, 6) is 0.419. The molecule has 3 N–H and O–H groups in total. The van der Waals surface area contributed by atoms with Crippen LogP contribution in [0.4, 0.5) is 5.69 Å². The number of aliphatic hydroxyl groups is 1. The molecule has 142 valence electrons. The van der Waals surface area contributed by atoms with Crippen LogP contribution in [-0.2, 0) is 0 Å². The van der Waals surface area contributed by atoms with Crippen molar-refractivity contribution >= 4 is 23.2 Å². The zero-order valence-corrected chi connectivity index (χ0v) is 16.1. The number of halogens is 1. The summed E-state index contributed by atoms with van der Waals surface area (Å²) in [6, 6.07) is 13.1. The van der Waals surface area contributed by atoms with E-state index in [-0.39, 0.29) is 5.96 Å². The molecule has 0 aliphatic carbocycles. The van der Waals surface area contributed by atoms with Crippen LogP contribution in [0.2, 0.25) is 5.02 Å². The van der Waals surface area contributed by atoms with E-state index in [1.54, 1.807) is 67.4 Å². The molecule has 0 fully saturated rings. The van der Waals surface area contributed by atoms with Gasteiger partial charge in [0.2, 0.25) is 12.2 Å². The van der Waals surface area contributed by atoms with Gasteiger partial charge in [-0.2, -0.15) is 10.5 Å². The van der Waals surface area contributed by atoms with Gasteiger partial charge in [-0.1, -0.05) is 11.6 Å². The van der Waals surface area contributed by atoms with Gasteiger partial charge in [0.25, 0.3) is 0 Å². The first-order chi connectivity index (χ1) is 13.3. The molecule has 1 aliphatic heterocycles. The molecule has 3 rings (SSSR count). The second kappa shape index (κ2) is 7.40. The van der Waals surface area contributed by atoms with Crippen molar-refractivity contribution in [1.29, 1.82) is 10.5 Å². The normalized spacial score (nSPS) is 20.3. The fourth-order valence-corrected chi connectivity index (χ4v) is 3.38. The fourth-order valence-electron chi connectivity index (χ4n) is 3.26. The quantitative estimate of drug-likeness (QED) is 0.458. The van der Waals surface area contributed by atoms with Gasteiger partial charge in [-0.05, 0) is 56.3 Å². The molecule has 2 atom stereocenters. The van der Waals surface area contributed by atoms with Crippen LogP contribution in [0.25, 0.3) is 0 Å². The van der Waals surface area contributed by atoms with E-state index in [1.165, 1.54) is 0 Å². The summed E-state index contributed by atoms with van der Waals surface area (Å²) in [6.45, 7) is 3.51. The van der Waals surface area contributed by atoms with Crippen molar-refractivity contribution in [2.45, 2.75) is 31.6 Å². The third-order valence-electron chi connectivity index (χ3n) is 4.64. The Morgan fingerprint density at radius 2 is 1.93 bits per heavy atom. The van der Waals surface area contributed by atoms with Crippen molar-refractivity contribution < 1.29 is 9.84 Å². The smallest absolute Gasteiger partial charge is 0.212 e. The predicted molar refractivity (Wildman–Crippen MR) is 106 cm³/mol. The number of aliphatic imine (C=N–C) groups is 1. The molecule has 0 bridgehead atoms. The van der Waals surface area contributed by atoms with Crippen LogP contribution in [0.15, 0.2) is 47.5 Å². The zero-order valence-electron chi connectivity index (χ0n) is 15.3. The third kappa shape index (κ3) is 3.46. The van der Waals surface area contributed by atoms with E-state index < -0.39 is 17.7 Å². The lowest BCUT2D eigenvalue weighted by atomic mass is 9.84. The molecule has 0 saturated carbocycles. The number of nitriles is 2. The molecule has 0 spiro atoms. The highest BCUT2D eigenvalue weighted by Crippen LogP contribution is 2.44. The van der Waals surface area contributed by atoms with Crippen LogP contribution in [0, 0.1) is 22.8 Å². The molecule has 1 aliphatic rings. The molecule has 0 unspecified atom stereocenters. The SMILES string of the molecule is CC1(C)Oc2ccc(C#N)cc2[C@H](N(C(N)=NC#N)c2ccc(Cl)cc2)[C@H]1O. The highest BCUT2D eigenvalue weighted by Gasteiger charge is 2.46. The minimum absolute atomic E-state index is 0.0973. The highest BCUT2D eigenvalue weighted by atomic mass is 35.5. The first-order valence-corrected chi connectivity index (χ1v) is 8.84. The Kier molecular flexibility index (Phi) is 5.15. The van der Waals surface area contributed by atoms with Crippen LogP contribution in [0.1, 0.15) is 31.0 Å². The molecule has 28 heavy (non-hydrogen) atoms. The number of rotatable bonds is 2. The van der Waals surface area contributed by atoms with Gasteiger partial charge >= 0.3 is 0 Å². The van der Waals surface area contributed by atoms with E-state index in [0.717, 1.165) is 0 Å². The lowest BCUT2D eigenvalue weighted by Crippen LogP contribution is -2.56. The highest BCUT2D eigenvalue weighted by molar-refractivity contribution is 6.30. The Labute approximate surface area is 167 Å². The fraction of sp³-hybridized carbons (Fsp3) is 0.250. The minimum atomic E-state index is -1.04. The van der Waals surface area contributed by atoms with E-state index in [1.807, 2.05) is 0 Å². The first-order valence-electron chi connectivity index (χ1n) is 8.46. The van der Waals surface area contributed by atoms with Crippen molar-refractivity contribution in [1.82, 2.24) is 0 Å². The molecule has 8 heteroatoms. The van der Waals surface area contributed by atoms with Gasteiger partial charge in [0.15, 0.2) is 0 Å². The third-order valence-corrected chi connectivity index (χ3v) is 4.89. The first kappa shape index (κ1) is 19.5. The minimum Gasteiger partial charge on any atom is -0.485 e. The molecule has 2 aromatic rings. The maximum Gasteiger partial charge on any atom is 0.212 e. The number of guanidine groups is 1. The molecule has 1 heterocycles. The second-order valence-electron chi connectivity index (χ2n) is 6.88. The largest absolute Gasteiger partial charge is 0.485 e. The maximum absolute atomic E-state index is 11.1. The summed E-state index contributed by atoms with van der Waals surface area (Å²) < 4.78 is 5.95. The Hall–Kier alpha value is -3.26. The predicted octanol–water partition coefficient (Wildman–Crippen LogP) is 3.09. The van der Waals surface area contributed by atoms with E-state index >= 15 is 0 Å². The molecule has 2 aromatic carbocycles. The number of anilines is 1. The van der Waals surface area contributed by atoms with Crippen molar-refractivity contribution in [2.75, 3.05) is 4.90 Å². The van der Waals surface area contributed by atoms with Crippen molar-refractivity contribution in [2.24, 2.45) is 10.7 Å². The second-order valence-corrected chi connectivity index (χ2v) is 7.31. The lowest BCUT2D eigenvalue weighted by molar-refractivity contribution is -0.0565. The van der Waals surface area contributed by atoms with Crippen molar-refractivity contribution in [3.05, 3.63) is 58.6 Å². The molecule has 0 aromatic heterocycles. The molecular weight excluding hydrogens is 378 g/mol. The van der Waals surface area contributed by atoms with Crippen molar-refractivity contribution in [3.8, 4) is 18.0 Å². The summed E-state index contributed by atoms with van der Waals surface area (Å²) in [5, 5.41) is 30.0. The molecule has 0 saturated heterocycles. The van der Waals surface area contributed by atoms with E-state index in [2.05, 4.69) is 11.1 Å². The number of aliphatic hydroxyl groups excluding tert-OH is 1. The zero-order chi connectivity index (χ0) is 20.5. The van der Waals surface area contributed by atoms with Crippen LogP contribution in [0.3, 0.4) is 0 Å². The number of nitrogens with zero attached hydrogens (tertiary/aromatic N) is 4. The van der Waals surface area contributed by atoms with E-state index in [9.17, 15) is 10.4 Å². The Bertz CT molecular complexity index is 1000. The van der Waals surface area contributed by atoms with Gasteiger partial charge in [-0.15, -0.1) is 4.99 Å². The van der Waals surface area contributed by atoms with Crippen LogP contribution in [-0.4, -0.2) is 22.8 Å². The molecule has 0 amide bonds. The lowest BCUT2D eigenvalue weighted by Gasteiger charge is -2.46. The van der Waals surface area contributed by atoms with Gasteiger partial charge in [0.05, 0.1) is 17.7 Å². The van der Waals surface area contributed by atoms with Gasteiger partial charge in [-0.3, -0.25) is 0 Å². The number of ether oxygens (including phenoxy) is 1. The summed E-state index contributed by atoms with van der Waals surface area (Å²) in [4.78, 5) is 5.22. The monoisotopic (exact) mass is 395 g/mol. The maximum atomic E-state index is 11.1. The average molecular weight is 396 g/mol. The summed E-state index contributed by atoms with van der Waals surface area (Å²) in [6.07, 6.45) is 0.636. The van der Waals surface area contributed by atoms with Gasteiger partial charge < -0.3 is 20.5 Å². The van der Waals surface area contributed by atoms with Crippen LogP contribution < -0.4 is 15.4 Å². The van der Waals surface area contributed by atoms with Crippen LogP contribution >= 0.6 is 11.6 Å². The Morgan fingerprint density at radius 3 is 2.54 bits per heavy atom. The molecule has 0 radical (unpaired) electrons. The van der Waals surface area contributed by atoms with Gasteiger partial charge in [0, 0.05) is 16.3 Å². The van der Waals surface area contributed by atoms with Crippen molar-refractivity contribution in [3.63, 3.8) is 0 Å². The van der Waals surface area contributed by atoms with Crippen LogP contribution in [0.5, 0.6) is 5.75 Å². The Morgan fingerprint density at radius 1 is 1.25 bits per heavy atom. The van der Waals surface area contributed by atoms with E-state index in [4.69, 9.17) is 27.3 Å². The van der Waals surface area contributed by atoms with Gasteiger partial charge in [-0.25, -0.2) is 0 Å². The number of hydrogen-bond donors (Lipinski definition) is 2. The standard InChI is InChI=1S/C20H18ClN5O2/c1-20(2)18(27)17(15-9-12(10-22)3-8-16(15)28-20)26(19(24)25-11-23)14-6-4-13(21)5-7-14/h3-9,17-18,27H,1-2H3,(H2,24,25)/t17-,18+/m0/s1. The molecular formula is C20H18ClN5O2. The summed E-state index contributed by atoms with van der Waals surface area (Å²) in [5.41, 5.74) is 6.71. The topological polar surface area (TPSA) is 119 Å². The number of hydrogen-bond acceptors (Lipinski definition) is 5. The van der Waals surface area contributed by atoms with Gasteiger partial charge in [0.1, 0.15) is 17.5 Å². The molecule has 7 nitrogen and oxygen atoms in total. The average Bonchev–Trinajstić information content (AvgIpc) is 2.66. The summed E-state index contributed by atoms with van der Waals surface area (Å²) >= 11 is 6.00. The number of benzene rings is 2. The van der Waals surface area contributed by atoms with E-state index in [0.29, 0.717) is 27.6 Å². The summed E-state index contributed by atoms with van der Waals surface area (Å²) in [7, 11) is 0. The Balaban J connectivity index is 2.26. The number of fused-ring (bicyclic) bond motifs is 1.